The van der Waals surface area contributed by atoms with Crippen molar-refractivity contribution in [2.24, 2.45) is 11.8 Å². The lowest BCUT2D eigenvalue weighted by Gasteiger charge is -2.27. The lowest BCUT2D eigenvalue weighted by atomic mass is 9.78. The van der Waals surface area contributed by atoms with E-state index in [1.54, 1.807) is 0 Å². The normalized spacial score (nSPS) is 16.2. The van der Waals surface area contributed by atoms with Crippen LogP contribution in [0, 0.1) is 11.8 Å². The maximum absolute atomic E-state index is 10.4. The average molecular weight is 652 g/mol. The van der Waals surface area contributed by atoms with Gasteiger partial charge in [-0.3, -0.25) is 4.79 Å². The van der Waals surface area contributed by atoms with Gasteiger partial charge in [0.1, 0.15) is 29.0 Å². The minimum Gasteiger partial charge on any atom is -1.00 e. The molecule has 0 unspecified atom stereocenters. The Hall–Kier alpha value is -2.06. The average Bonchev–Trinajstić information content (AvgIpc) is 3.58. The van der Waals surface area contributed by atoms with E-state index in [-0.39, 0.29) is 17.0 Å². The van der Waals surface area contributed by atoms with Crippen molar-refractivity contribution in [3.05, 3.63) is 103 Å². The van der Waals surface area contributed by atoms with Crippen molar-refractivity contribution in [1.82, 2.24) is 0 Å². The molecule has 6 rings (SSSR count). The van der Waals surface area contributed by atoms with Gasteiger partial charge < -0.3 is 21.7 Å². The maximum atomic E-state index is 10.4. The fourth-order valence-corrected chi connectivity index (χ4v) is 8.90. The third-order valence-corrected chi connectivity index (χ3v) is 12.2. The molecule has 2 aliphatic carbocycles. The monoisotopic (exact) mass is 650 g/mol. The van der Waals surface area contributed by atoms with Gasteiger partial charge in [0.05, 0.1) is 6.66 Å². The molecule has 0 radical (unpaired) electrons. The van der Waals surface area contributed by atoms with Crippen LogP contribution < -0.4 is 32.9 Å². The minimum absolute atomic E-state index is 0. The van der Waals surface area contributed by atoms with E-state index in [1.165, 1.54) is 72.9 Å². The molecule has 228 valence electrons. The summed E-state index contributed by atoms with van der Waals surface area (Å²) in [5, 5.41) is 4.28. The van der Waals surface area contributed by atoms with Crippen LogP contribution in [0.1, 0.15) is 78.1 Å². The van der Waals surface area contributed by atoms with Crippen molar-refractivity contribution in [3.63, 3.8) is 0 Å². The number of hydrogen-bond donors (Lipinski definition) is 0. The maximum Gasteiger partial charge on any atom is 0.133 e. The van der Waals surface area contributed by atoms with Gasteiger partial charge in [0, 0.05) is 26.1 Å². The number of rotatable bonds is 7. The Kier molecular flexibility index (Phi) is 17.2. The molecule has 3 aromatic carbocycles. The van der Waals surface area contributed by atoms with E-state index < -0.39 is 7.26 Å². The third kappa shape index (κ3) is 11.6. The predicted molar refractivity (Wildman–Crippen MR) is 181 cm³/mol. The highest BCUT2D eigenvalue weighted by Gasteiger charge is 2.39. The topological polar surface area (TPSA) is 26.3 Å². The molecule has 0 N–H and O–H groups in total. The van der Waals surface area contributed by atoms with Crippen molar-refractivity contribution in [3.8, 4) is 0 Å². The van der Waals surface area contributed by atoms with Crippen LogP contribution in [0.2, 0.25) is 0 Å². The number of hydrogen-bond acceptors (Lipinski definition) is 2. The molecule has 1 heterocycles. The van der Waals surface area contributed by atoms with Crippen molar-refractivity contribution in [1.29, 1.82) is 0 Å². The lowest BCUT2D eigenvalue weighted by Crippen LogP contribution is -3.00. The fraction of sp³-hybridized carbons (Fsp3) is 0.447. The van der Waals surface area contributed by atoms with Gasteiger partial charge in [0.15, 0.2) is 0 Å². The van der Waals surface area contributed by atoms with Crippen LogP contribution in [0.3, 0.4) is 0 Å². The summed E-state index contributed by atoms with van der Waals surface area (Å²) in [4.78, 5) is 10.4. The molecule has 0 spiro atoms. The van der Waals surface area contributed by atoms with Crippen molar-refractivity contribution in [2.45, 2.75) is 78.1 Å². The summed E-state index contributed by atoms with van der Waals surface area (Å²) in [6.07, 6.45) is 12.2. The van der Waals surface area contributed by atoms with Crippen molar-refractivity contribution in [2.75, 3.05) is 19.9 Å². The largest absolute Gasteiger partial charge is 1.00 e. The van der Waals surface area contributed by atoms with Crippen LogP contribution >= 0.6 is 7.26 Å². The molecule has 42 heavy (non-hydrogen) atoms. The Morgan fingerprint density at radius 3 is 1.29 bits per heavy atom. The van der Waals surface area contributed by atoms with Crippen LogP contribution in [-0.2, 0) is 9.53 Å². The summed E-state index contributed by atoms with van der Waals surface area (Å²) >= 11 is 0. The van der Waals surface area contributed by atoms with E-state index >= 15 is 0 Å². The molecule has 0 bridgehead atoms. The van der Waals surface area contributed by atoms with Gasteiger partial charge in [0.25, 0.3) is 0 Å². The molecular weight excluding hydrogens is 599 g/mol. The molecule has 0 amide bonds. The molecule has 4 heteroatoms. The zero-order chi connectivity index (χ0) is 29.3. The van der Waals surface area contributed by atoms with E-state index in [1.807, 2.05) is 0 Å². The minimum atomic E-state index is -1.53. The number of carbonyl (C=O) groups excluding carboxylic acids is 1. The lowest BCUT2D eigenvalue weighted by molar-refractivity contribution is -0.127. The summed E-state index contributed by atoms with van der Waals surface area (Å²) < 4.78 is 4.94. The first-order chi connectivity index (χ1) is 20.0. The first-order valence-corrected chi connectivity index (χ1v) is 18.0. The Balaban J connectivity index is 0.000000230. The number of Topliss-reactive ketones (excluding diaryl/α,β-unsaturated/α-hetero) is 1. The summed E-state index contributed by atoms with van der Waals surface area (Å²) in [6.45, 7) is 12.7. The first-order valence-electron chi connectivity index (χ1n) is 15.8. The molecule has 0 atom stereocenters. The Morgan fingerprint density at radius 2 is 1.02 bits per heavy atom. The van der Waals surface area contributed by atoms with Gasteiger partial charge >= 0.3 is 0 Å². The fourth-order valence-electron chi connectivity index (χ4n) is 5.70. The third-order valence-electron chi connectivity index (χ3n) is 8.23. The molecule has 3 fully saturated rings. The smallest absolute Gasteiger partial charge is 0.133 e. The van der Waals surface area contributed by atoms with Crippen LogP contribution in [0.25, 0.3) is 0 Å². The quantitative estimate of drug-likeness (QED) is 0.234. The van der Waals surface area contributed by atoms with Gasteiger partial charge in [-0.2, -0.15) is 0 Å². The number of halogens is 1. The standard InChI is InChI=1S/C19H18P.C8H14.C7H12O.C4H8O.BrH/c1-20(17-11-5-2-6-12-17,18-13-7-3-8-14-18)19-15-9-4-10-16-19;1-3-4-8-5-7(2)6-8;1-2-3-6-4-7(8)5-6;1-2-4-5-3-1;/h2-16H,1H3;8H,2-6H2,1H3;6H,2-5H2,1H3;1-4H2;1H/q+1;;;;/p-1. The summed E-state index contributed by atoms with van der Waals surface area (Å²) in [6, 6.07) is 32.6. The summed E-state index contributed by atoms with van der Waals surface area (Å²) in [5.41, 5.74) is 1.46. The van der Waals surface area contributed by atoms with Gasteiger partial charge in [-0.05, 0) is 80.3 Å². The second-order valence-electron chi connectivity index (χ2n) is 11.7. The van der Waals surface area contributed by atoms with Crippen LogP contribution in [0.4, 0.5) is 0 Å². The molecular formula is C38H52BrO2P. The van der Waals surface area contributed by atoms with Gasteiger partial charge in [-0.15, -0.1) is 0 Å². The molecule has 2 nitrogen and oxygen atoms in total. The highest BCUT2D eigenvalue weighted by atomic mass is 79.9. The number of carbonyl (C=O) groups is 1. The van der Waals surface area contributed by atoms with Gasteiger partial charge in [0.2, 0.25) is 0 Å². The highest BCUT2D eigenvalue weighted by molar-refractivity contribution is 7.95. The summed E-state index contributed by atoms with van der Waals surface area (Å²) in [5.74, 6) is 2.23. The SMILES string of the molecule is C1CCOC1.C=C1CC(CCC)C1.CCCC1CC(=O)C1.C[P+](c1ccccc1)(c1ccccc1)c1ccccc1.[Br-]. The number of allylic oxidation sites excluding steroid dienone is 1. The molecule has 3 aromatic rings. The zero-order valence-corrected chi connectivity index (χ0v) is 28.6. The molecule has 2 saturated carbocycles. The van der Waals surface area contributed by atoms with Gasteiger partial charge in [-0.1, -0.05) is 99.9 Å². The second-order valence-corrected chi connectivity index (χ2v) is 15.3. The number of ketones is 1. The Morgan fingerprint density at radius 1 is 0.667 bits per heavy atom. The highest BCUT2D eigenvalue weighted by Crippen LogP contribution is 2.51. The van der Waals surface area contributed by atoms with Crippen molar-refractivity contribution < 1.29 is 26.5 Å². The van der Waals surface area contributed by atoms with E-state index in [0.717, 1.165) is 37.9 Å². The van der Waals surface area contributed by atoms with Gasteiger partial charge in [-0.25, -0.2) is 0 Å². The Bertz CT molecular complexity index is 999. The molecule has 3 aliphatic rings. The van der Waals surface area contributed by atoms with E-state index in [2.05, 4.69) is 118 Å². The molecule has 1 saturated heterocycles. The van der Waals surface area contributed by atoms with E-state index in [9.17, 15) is 4.79 Å². The van der Waals surface area contributed by atoms with Crippen LogP contribution in [0.15, 0.2) is 103 Å². The number of ether oxygens (including phenoxy) is 1. The van der Waals surface area contributed by atoms with Crippen LogP contribution in [-0.4, -0.2) is 25.7 Å². The second kappa shape index (κ2) is 20.0. The molecule has 1 aliphatic heterocycles. The predicted octanol–water partition coefficient (Wildman–Crippen LogP) is 5.93. The number of benzene rings is 3. The van der Waals surface area contributed by atoms with E-state index in [4.69, 9.17) is 4.74 Å². The van der Waals surface area contributed by atoms with E-state index in [0.29, 0.717) is 5.78 Å². The van der Waals surface area contributed by atoms with Crippen molar-refractivity contribution >= 4 is 29.0 Å². The molecule has 0 aromatic heterocycles. The van der Waals surface area contributed by atoms with Crippen LogP contribution in [0.5, 0.6) is 0 Å². The first kappa shape index (κ1) is 36.1. The zero-order valence-electron chi connectivity index (χ0n) is 26.1. The summed E-state index contributed by atoms with van der Waals surface area (Å²) in [7, 11) is -1.53. The Labute approximate surface area is 267 Å².